The number of hydrogen-bond donors (Lipinski definition) is 5. The van der Waals surface area contributed by atoms with Gasteiger partial charge in [0.2, 0.25) is 0 Å². The van der Waals surface area contributed by atoms with Crippen LogP contribution in [-0.4, -0.2) is 88.4 Å². The smallest absolute Gasteiger partial charge is 0.341 e. The Morgan fingerprint density at radius 2 is 1.42 bits per heavy atom. The summed E-state index contributed by atoms with van der Waals surface area (Å²) in [5.41, 5.74) is 6.54. The van der Waals surface area contributed by atoms with Crippen molar-refractivity contribution in [3.8, 4) is 22.9 Å². The van der Waals surface area contributed by atoms with E-state index in [-0.39, 0.29) is 42.6 Å². The fourth-order valence-corrected chi connectivity index (χ4v) is 8.22. The molecule has 1 aliphatic rings. The lowest BCUT2D eigenvalue weighted by atomic mass is 9.94. The number of aromatic amines is 1. The van der Waals surface area contributed by atoms with Crippen molar-refractivity contribution in [2.45, 2.75) is 44.6 Å². The van der Waals surface area contributed by atoms with Crippen molar-refractivity contribution in [1.82, 2.24) is 30.5 Å². The summed E-state index contributed by atoms with van der Waals surface area (Å²) in [4.78, 5) is 70.6. The van der Waals surface area contributed by atoms with Gasteiger partial charge in [0.1, 0.15) is 17.3 Å². The maximum Gasteiger partial charge on any atom is 0.341 e. The highest BCUT2D eigenvalue weighted by Gasteiger charge is 2.23. The van der Waals surface area contributed by atoms with Crippen molar-refractivity contribution >= 4 is 51.3 Å². The average molecular weight is 875 g/mol. The number of imidazole rings is 1. The summed E-state index contributed by atoms with van der Waals surface area (Å²) in [5, 5.41) is 18.8. The topological polar surface area (TPSA) is 194 Å². The Bertz CT molecular complexity index is 2810. The number of hydrogen-bond acceptors (Lipinski definition) is 9. The molecule has 332 valence electrons. The molecule has 1 saturated carbocycles. The highest BCUT2D eigenvalue weighted by atomic mass is 16.5. The van der Waals surface area contributed by atoms with Gasteiger partial charge in [0, 0.05) is 70.6 Å². The molecule has 1 aliphatic carbocycles. The van der Waals surface area contributed by atoms with Crippen LogP contribution in [0.25, 0.3) is 33.3 Å². The van der Waals surface area contributed by atoms with Gasteiger partial charge in [-0.3, -0.25) is 19.2 Å². The van der Waals surface area contributed by atoms with Crippen molar-refractivity contribution in [3.63, 3.8) is 0 Å². The van der Waals surface area contributed by atoms with Crippen LogP contribution in [0.1, 0.15) is 80.3 Å². The van der Waals surface area contributed by atoms with Crippen LogP contribution in [0, 0.1) is 0 Å². The number of carbonyl (C=O) groups excluding carboxylic acids is 4. The molecule has 0 aliphatic heterocycles. The molecule has 1 fully saturated rings. The molecule has 0 spiro atoms. The van der Waals surface area contributed by atoms with Gasteiger partial charge in [-0.15, -0.1) is 0 Å². The van der Waals surface area contributed by atoms with Crippen molar-refractivity contribution in [2.24, 2.45) is 0 Å². The lowest BCUT2D eigenvalue weighted by Crippen LogP contribution is -2.36. The molecule has 2 heterocycles. The number of nitrogens with zero attached hydrogens (tertiary/aromatic N) is 2. The van der Waals surface area contributed by atoms with Crippen molar-refractivity contribution in [2.75, 3.05) is 39.4 Å². The molecule has 5 N–H and O–H groups in total. The van der Waals surface area contributed by atoms with Gasteiger partial charge in [-0.2, -0.15) is 0 Å². The van der Waals surface area contributed by atoms with Crippen LogP contribution in [0.5, 0.6) is 11.5 Å². The Morgan fingerprint density at radius 1 is 0.708 bits per heavy atom. The summed E-state index contributed by atoms with van der Waals surface area (Å²) in [6.07, 6.45) is 7.99. The first-order valence-corrected chi connectivity index (χ1v) is 21.9. The maximum atomic E-state index is 13.4. The van der Waals surface area contributed by atoms with Crippen LogP contribution in [0.2, 0.25) is 0 Å². The molecule has 0 atom stereocenters. The zero-order valence-electron chi connectivity index (χ0n) is 35.8. The average Bonchev–Trinajstić information content (AvgIpc) is 3.94. The predicted octanol–water partition coefficient (Wildman–Crippen LogP) is 7.32. The lowest BCUT2D eigenvalue weighted by Gasteiger charge is -2.25. The highest BCUT2D eigenvalue weighted by molar-refractivity contribution is 6.09. The molecule has 0 radical (unpaired) electrons. The number of aliphatic carboxylic acids is 1. The predicted molar refractivity (Wildman–Crippen MR) is 247 cm³/mol. The first-order chi connectivity index (χ1) is 31.7. The lowest BCUT2D eigenvalue weighted by molar-refractivity contribution is -0.139. The van der Waals surface area contributed by atoms with Gasteiger partial charge in [-0.1, -0.05) is 73.9 Å². The zero-order valence-corrected chi connectivity index (χ0v) is 35.8. The van der Waals surface area contributed by atoms with E-state index in [0.29, 0.717) is 59.8 Å². The van der Waals surface area contributed by atoms with E-state index in [1.54, 1.807) is 48.5 Å². The van der Waals surface area contributed by atoms with E-state index < -0.39 is 12.6 Å². The van der Waals surface area contributed by atoms with Gasteiger partial charge >= 0.3 is 5.97 Å². The number of ketones is 2. The number of aromatic nitrogens is 3. The number of carboxylic acid groups (broad SMARTS) is 1. The number of carbonyl (C=O) groups is 5. The Kier molecular flexibility index (Phi) is 14.0. The normalized spacial score (nSPS) is 12.8. The molecule has 65 heavy (non-hydrogen) atoms. The molecule has 5 aromatic carbocycles. The highest BCUT2D eigenvalue weighted by Crippen LogP contribution is 2.36. The number of fused-ring (bicyclic) bond motifs is 2. The summed E-state index contributed by atoms with van der Waals surface area (Å²) < 4.78 is 13.5. The van der Waals surface area contributed by atoms with Gasteiger partial charge in [-0.25, -0.2) is 9.78 Å². The second kappa shape index (κ2) is 20.7. The van der Waals surface area contributed by atoms with Crippen LogP contribution in [0.15, 0.2) is 121 Å². The molecule has 0 bridgehead atoms. The number of ether oxygens (including phenoxy) is 2. The Labute approximate surface area is 375 Å². The molecule has 8 rings (SSSR count). The number of benzene rings is 5. The second-order valence-electron chi connectivity index (χ2n) is 16.0. The van der Waals surface area contributed by atoms with Crippen LogP contribution in [0.4, 0.5) is 0 Å². The van der Waals surface area contributed by atoms with Crippen LogP contribution < -0.4 is 25.4 Å². The Morgan fingerprint density at radius 3 is 2.18 bits per heavy atom. The third-order valence-corrected chi connectivity index (χ3v) is 11.6. The summed E-state index contributed by atoms with van der Waals surface area (Å²) in [7, 11) is 0. The van der Waals surface area contributed by atoms with Gasteiger partial charge in [0.15, 0.2) is 24.8 Å². The van der Waals surface area contributed by atoms with Crippen LogP contribution in [0.3, 0.4) is 0 Å². The number of Topliss-reactive ketones (excluding diaryl/α,β-unsaturated/α-hetero) is 1. The van der Waals surface area contributed by atoms with Gasteiger partial charge < -0.3 is 40.1 Å². The second-order valence-corrected chi connectivity index (χ2v) is 16.0. The summed E-state index contributed by atoms with van der Waals surface area (Å²) >= 11 is 0. The van der Waals surface area contributed by atoms with Gasteiger partial charge in [0.25, 0.3) is 11.8 Å². The molecule has 14 heteroatoms. The summed E-state index contributed by atoms with van der Waals surface area (Å²) in [6.45, 7) is 0.560. The molecule has 2 aromatic heterocycles. The Balaban J connectivity index is 0.825. The van der Waals surface area contributed by atoms with E-state index >= 15 is 0 Å². The molecular weight excluding hydrogens is 825 g/mol. The van der Waals surface area contributed by atoms with Crippen molar-refractivity contribution < 1.29 is 38.6 Å². The largest absolute Gasteiger partial charge is 0.484 e. The number of amides is 2. The van der Waals surface area contributed by atoms with Gasteiger partial charge in [0.05, 0.1) is 17.6 Å². The quantitative estimate of drug-likeness (QED) is 0.0383. The van der Waals surface area contributed by atoms with E-state index in [4.69, 9.17) is 19.6 Å². The number of carboxylic acids is 1. The third-order valence-electron chi connectivity index (χ3n) is 11.6. The molecule has 2 amide bonds. The minimum Gasteiger partial charge on any atom is -0.484 e. The van der Waals surface area contributed by atoms with E-state index in [9.17, 15) is 24.0 Å². The standard InChI is InChI=1S/C51H50N6O8/c58-46(33-11-13-35(14-12-33)49(62)34-7-3-1-4-8-34)30-52-25-26-53-47(59)31-64-40-18-15-36(16-19-40)50-56-44-27-37(17-22-45(44)57(50)39-9-5-2-6-10-39)51(63)54-24-23-38-29-55-43-21-20-41(28-42(38)43)65-32-48(60)61/h1,3-4,7-8,11-22,27-29,39,52,55H,2,5-6,9-10,23-26,30-32H2,(H,53,59)(H,54,63)(H,60,61). The molecular formula is C51H50N6O8. The zero-order chi connectivity index (χ0) is 45.1. The number of rotatable bonds is 20. The maximum absolute atomic E-state index is 13.4. The van der Waals surface area contributed by atoms with Gasteiger partial charge in [-0.05, 0) is 85.5 Å². The Hall–Kier alpha value is -7.58. The van der Waals surface area contributed by atoms with Crippen LogP contribution >= 0.6 is 0 Å². The van der Waals surface area contributed by atoms with Crippen molar-refractivity contribution in [3.05, 3.63) is 149 Å². The molecule has 7 aromatic rings. The monoisotopic (exact) mass is 874 g/mol. The first-order valence-electron chi connectivity index (χ1n) is 21.9. The van der Waals surface area contributed by atoms with Crippen molar-refractivity contribution in [1.29, 1.82) is 0 Å². The fraction of sp³-hybridized carbons (Fsp3) is 0.255. The van der Waals surface area contributed by atoms with E-state index in [1.165, 1.54) is 6.42 Å². The molecule has 0 saturated heterocycles. The number of nitrogens with one attached hydrogen (secondary N) is 4. The third kappa shape index (κ3) is 11.0. The van der Waals surface area contributed by atoms with E-state index in [0.717, 1.165) is 64.6 Å². The van der Waals surface area contributed by atoms with E-state index in [2.05, 4.69) is 25.5 Å². The molecule has 14 nitrogen and oxygen atoms in total. The molecule has 0 unspecified atom stereocenters. The summed E-state index contributed by atoms with van der Waals surface area (Å²) in [5.74, 6) is 0.0227. The minimum atomic E-state index is -1.05. The SMILES string of the molecule is O=C(O)COc1ccc2[nH]cc(CCNC(=O)c3ccc4c(c3)nc(-c3ccc(OCC(=O)NCCNCC(=O)c5ccc(C(=O)c6ccccc6)cc5)cc3)n4C3CCCCC3)c2c1. The first kappa shape index (κ1) is 44.0. The summed E-state index contributed by atoms with van der Waals surface area (Å²) in [6, 6.07) is 34.4. The van der Waals surface area contributed by atoms with E-state index in [1.807, 2.05) is 72.9 Å². The minimum absolute atomic E-state index is 0.0855. The number of H-pyrrole nitrogens is 1. The van der Waals surface area contributed by atoms with Crippen LogP contribution in [-0.2, 0) is 16.0 Å². The fourth-order valence-electron chi connectivity index (χ4n) is 8.22.